The molecule has 1 amide bonds. The molecule has 1 aliphatic heterocycles. The van der Waals surface area contributed by atoms with Gasteiger partial charge in [0.25, 0.3) is 5.91 Å². The van der Waals surface area contributed by atoms with E-state index in [0.717, 1.165) is 23.4 Å². The van der Waals surface area contributed by atoms with E-state index >= 15 is 0 Å². The molecule has 6 nitrogen and oxygen atoms in total. The number of hydrogen-bond acceptors (Lipinski definition) is 5. The van der Waals surface area contributed by atoms with Gasteiger partial charge in [-0.2, -0.15) is 0 Å². The molecule has 1 heterocycles. The highest BCUT2D eigenvalue weighted by Crippen LogP contribution is 2.21. The first-order chi connectivity index (χ1) is 13.2. The first kappa shape index (κ1) is 22.2. The lowest BCUT2D eigenvalue weighted by Gasteiger charge is -2.13. The number of nitrogens with one attached hydrogen (secondary N) is 1. The van der Waals surface area contributed by atoms with Crippen LogP contribution in [0.3, 0.4) is 0 Å². The molecule has 0 unspecified atom stereocenters. The molecule has 1 fully saturated rings. The average molecular weight is 407 g/mol. The van der Waals surface area contributed by atoms with Gasteiger partial charge in [-0.15, -0.1) is 12.4 Å². The van der Waals surface area contributed by atoms with Crippen LogP contribution in [0.2, 0.25) is 0 Å². The van der Waals surface area contributed by atoms with Crippen LogP contribution in [-0.2, 0) is 20.9 Å². The van der Waals surface area contributed by atoms with Gasteiger partial charge in [0.15, 0.2) is 0 Å². The minimum Gasteiger partial charge on any atom is -0.491 e. The molecular weight excluding hydrogens is 380 g/mol. The Kier molecular flexibility index (Phi) is 9.23. The van der Waals surface area contributed by atoms with Gasteiger partial charge in [0.2, 0.25) is 0 Å². The summed E-state index contributed by atoms with van der Waals surface area (Å²) in [5.74, 6) is 0.706. The van der Waals surface area contributed by atoms with Crippen LogP contribution in [0.5, 0.6) is 5.75 Å². The maximum atomic E-state index is 12.3. The smallest absolute Gasteiger partial charge is 0.253 e. The third-order valence-electron chi connectivity index (χ3n) is 4.37. The zero-order valence-corrected chi connectivity index (χ0v) is 16.5. The standard InChI is InChI=1S/C21H26N2O4.ClH/c22-14-19-9-10-20(27-19)21(24)23-17-6-4-5-16(13-17)15-25-11-12-26-18-7-2-1-3-8-18;/h1-8,13,19-20H,9-12,14-15,22H2,(H,23,24);1H/t19-,20+;/m1./s1. The van der Waals surface area contributed by atoms with Crippen molar-refractivity contribution >= 4 is 24.0 Å². The Labute approximate surface area is 171 Å². The van der Waals surface area contributed by atoms with Crippen LogP contribution >= 0.6 is 12.4 Å². The molecule has 3 N–H and O–H groups in total. The zero-order chi connectivity index (χ0) is 18.9. The van der Waals surface area contributed by atoms with E-state index in [2.05, 4.69) is 5.32 Å². The molecule has 2 aromatic carbocycles. The third kappa shape index (κ3) is 6.80. The minimum atomic E-state index is -0.423. The number of halogens is 1. The summed E-state index contributed by atoms with van der Waals surface area (Å²) in [6, 6.07) is 17.3. The second kappa shape index (κ2) is 11.7. The van der Waals surface area contributed by atoms with E-state index in [1.807, 2.05) is 54.6 Å². The Hall–Kier alpha value is -2.12. The zero-order valence-electron chi connectivity index (χ0n) is 15.7. The average Bonchev–Trinajstić information content (AvgIpc) is 3.18. The number of ether oxygens (including phenoxy) is 3. The number of carbonyl (C=O) groups excluding carboxylic acids is 1. The van der Waals surface area contributed by atoms with Crippen LogP contribution < -0.4 is 15.8 Å². The summed E-state index contributed by atoms with van der Waals surface area (Å²) in [4.78, 5) is 12.3. The number of amides is 1. The summed E-state index contributed by atoms with van der Waals surface area (Å²) >= 11 is 0. The highest BCUT2D eigenvalue weighted by atomic mass is 35.5. The van der Waals surface area contributed by atoms with Crippen LogP contribution in [0, 0.1) is 0 Å². The minimum absolute atomic E-state index is 0. The van der Waals surface area contributed by atoms with E-state index in [9.17, 15) is 4.79 Å². The molecule has 0 aliphatic carbocycles. The van der Waals surface area contributed by atoms with Crippen LogP contribution in [0.15, 0.2) is 54.6 Å². The van der Waals surface area contributed by atoms with Gasteiger partial charge in [-0.3, -0.25) is 4.79 Å². The third-order valence-corrected chi connectivity index (χ3v) is 4.37. The number of anilines is 1. The number of benzene rings is 2. The molecule has 0 radical (unpaired) electrons. The molecule has 0 bridgehead atoms. The molecule has 0 saturated carbocycles. The van der Waals surface area contributed by atoms with Crippen LogP contribution in [-0.4, -0.2) is 37.9 Å². The highest BCUT2D eigenvalue weighted by Gasteiger charge is 2.29. The highest BCUT2D eigenvalue weighted by molar-refractivity contribution is 5.94. The first-order valence-corrected chi connectivity index (χ1v) is 9.25. The topological polar surface area (TPSA) is 82.8 Å². The number of rotatable bonds is 9. The Morgan fingerprint density at radius 3 is 2.68 bits per heavy atom. The molecule has 3 rings (SSSR count). The lowest BCUT2D eigenvalue weighted by atomic mass is 10.1. The van der Waals surface area contributed by atoms with E-state index in [4.69, 9.17) is 19.9 Å². The Morgan fingerprint density at radius 1 is 1.11 bits per heavy atom. The van der Waals surface area contributed by atoms with Crippen LogP contribution in [0.1, 0.15) is 18.4 Å². The molecule has 2 aromatic rings. The van der Waals surface area contributed by atoms with Crippen LogP contribution in [0.4, 0.5) is 5.69 Å². The van der Waals surface area contributed by atoms with Gasteiger partial charge in [-0.1, -0.05) is 30.3 Å². The van der Waals surface area contributed by atoms with Crippen molar-refractivity contribution in [2.75, 3.05) is 25.1 Å². The summed E-state index contributed by atoms with van der Waals surface area (Å²) < 4.78 is 16.9. The fourth-order valence-electron chi connectivity index (χ4n) is 2.96. The number of hydrogen-bond donors (Lipinski definition) is 2. The summed E-state index contributed by atoms with van der Waals surface area (Å²) in [6.45, 7) is 1.88. The molecule has 28 heavy (non-hydrogen) atoms. The quantitative estimate of drug-likeness (QED) is 0.625. The van der Waals surface area contributed by atoms with Gasteiger partial charge in [0.1, 0.15) is 18.5 Å². The molecule has 1 aliphatic rings. The molecule has 1 saturated heterocycles. The van der Waals surface area contributed by atoms with Crippen molar-refractivity contribution in [2.24, 2.45) is 5.73 Å². The van der Waals surface area contributed by atoms with E-state index in [-0.39, 0.29) is 24.4 Å². The van der Waals surface area contributed by atoms with Crippen molar-refractivity contribution in [1.82, 2.24) is 0 Å². The summed E-state index contributed by atoms with van der Waals surface area (Å²) in [6.07, 6.45) is 1.10. The van der Waals surface area contributed by atoms with Crippen molar-refractivity contribution in [3.05, 3.63) is 60.2 Å². The molecule has 152 valence electrons. The summed E-state index contributed by atoms with van der Waals surface area (Å²) in [7, 11) is 0. The molecule has 2 atom stereocenters. The molecule has 7 heteroatoms. The number of carbonyl (C=O) groups is 1. The van der Waals surface area contributed by atoms with Crippen molar-refractivity contribution in [2.45, 2.75) is 31.7 Å². The van der Waals surface area contributed by atoms with Gasteiger partial charge in [-0.25, -0.2) is 0 Å². The van der Waals surface area contributed by atoms with Gasteiger partial charge >= 0.3 is 0 Å². The Balaban J connectivity index is 0.00000280. The lowest BCUT2D eigenvalue weighted by Crippen LogP contribution is -2.29. The van der Waals surface area contributed by atoms with E-state index in [1.165, 1.54) is 0 Å². The monoisotopic (exact) mass is 406 g/mol. The fraction of sp³-hybridized carbons (Fsp3) is 0.381. The van der Waals surface area contributed by atoms with Crippen LogP contribution in [0.25, 0.3) is 0 Å². The normalized spacial score (nSPS) is 18.3. The van der Waals surface area contributed by atoms with Crippen molar-refractivity contribution in [3.8, 4) is 5.75 Å². The first-order valence-electron chi connectivity index (χ1n) is 9.25. The second-order valence-corrected chi connectivity index (χ2v) is 6.46. The maximum absolute atomic E-state index is 12.3. The summed E-state index contributed by atoms with van der Waals surface area (Å²) in [5, 5.41) is 2.91. The maximum Gasteiger partial charge on any atom is 0.253 e. The lowest BCUT2D eigenvalue weighted by molar-refractivity contribution is -0.126. The van der Waals surface area contributed by atoms with Gasteiger partial charge in [-0.05, 0) is 42.7 Å². The van der Waals surface area contributed by atoms with Crippen molar-refractivity contribution in [3.63, 3.8) is 0 Å². The van der Waals surface area contributed by atoms with Gasteiger partial charge < -0.3 is 25.3 Å². The van der Waals surface area contributed by atoms with Crippen molar-refractivity contribution in [1.29, 1.82) is 0 Å². The molecule has 0 aromatic heterocycles. The van der Waals surface area contributed by atoms with E-state index in [0.29, 0.717) is 32.8 Å². The number of para-hydroxylation sites is 1. The predicted molar refractivity (Wildman–Crippen MR) is 111 cm³/mol. The van der Waals surface area contributed by atoms with Crippen molar-refractivity contribution < 1.29 is 19.0 Å². The molecule has 0 spiro atoms. The molecular formula is C21H27ClN2O4. The fourth-order valence-corrected chi connectivity index (χ4v) is 2.96. The Bertz CT molecular complexity index is 729. The predicted octanol–water partition coefficient (Wildman–Crippen LogP) is 3.15. The largest absolute Gasteiger partial charge is 0.491 e. The SMILES string of the molecule is Cl.NC[C@H]1CC[C@@H](C(=O)Nc2cccc(COCCOc3ccccc3)c2)O1. The van der Waals surface area contributed by atoms with Gasteiger partial charge in [0, 0.05) is 12.2 Å². The number of nitrogens with two attached hydrogens (primary N) is 1. The van der Waals surface area contributed by atoms with Gasteiger partial charge in [0.05, 0.1) is 19.3 Å². The second-order valence-electron chi connectivity index (χ2n) is 6.46. The Morgan fingerprint density at radius 2 is 1.93 bits per heavy atom. The summed E-state index contributed by atoms with van der Waals surface area (Å²) in [5.41, 5.74) is 7.31. The van der Waals surface area contributed by atoms with E-state index in [1.54, 1.807) is 0 Å². The van der Waals surface area contributed by atoms with E-state index < -0.39 is 6.10 Å².